The molecule has 2 heterocycles. The average molecular weight is 283 g/mol. The third-order valence-corrected chi connectivity index (χ3v) is 4.81. The van der Waals surface area contributed by atoms with Crippen LogP contribution in [-0.2, 0) is 9.47 Å². The van der Waals surface area contributed by atoms with Gasteiger partial charge in [0.15, 0.2) is 0 Å². The van der Waals surface area contributed by atoms with Crippen LogP contribution in [0.5, 0.6) is 0 Å². The van der Waals surface area contributed by atoms with Gasteiger partial charge in [-0.05, 0) is 25.2 Å². The molecule has 0 aliphatic carbocycles. The number of rotatable bonds is 7. The molecule has 2 saturated heterocycles. The summed E-state index contributed by atoms with van der Waals surface area (Å²) in [5.74, 6) is 1.55. The lowest BCUT2D eigenvalue weighted by Gasteiger charge is -2.40. The van der Waals surface area contributed by atoms with Gasteiger partial charge in [0, 0.05) is 19.0 Å². The Morgan fingerprint density at radius 1 is 0.850 bits per heavy atom. The van der Waals surface area contributed by atoms with Gasteiger partial charge in [0.2, 0.25) is 6.41 Å². The first kappa shape index (κ1) is 16.3. The van der Waals surface area contributed by atoms with Gasteiger partial charge in [-0.25, -0.2) is 0 Å². The van der Waals surface area contributed by atoms with Gasteiger partial charge >= 0.3 is 0 Å². The Labute approximate surface area is 125 Å². The molecule has 0 N–H and O–H groups in total. The first-order chi connectivity index (χ1) is 9.83. The fraction of sp³-hybridized carbons (Fsp3) is 1.00. The summed E-state index contributed by atoms with van der Waals surface area (Å²) < 4.78 is 11.9. The molecule has 3 heteroatoms. The molecule has 0 bridgehead atoms. The minimum atomic E-state index is -0.0556. The van der Waals surface area contributed by atoms with Gasteiger partial charge in [-0.1, -0.05) is 46.0 Å². The quantitative estimate of drug-likeness (QED) is 0.659. The summed E-state index contributed by atoms with van der Waals surface area (Å²) in [6.07, 6.45) is 10.5. The number of likely N-dealkylation sites (tertiary alicyclic amines) is 1. The number of ether oxygens (including phenoxy) is 2. The molecule has 0 aromatic heterocycles. The summed E-state index contributed by atoms with van der Waals surface area (Å²) in [6.45, 7) is 8.63. The van der Waals surface area contributed by atoms with Crippen molar-refractivity contribution in [1.82, 2.24) is 4.90 Å². The van der Waals surface area contributed by atoms with Crippen molar-refractivity contribution in [3.63, 3.8) is 0 Å². The van der Waals surface area contributed by atoms with Crippen molar-refractivity contribution in [2.24, 2.45) is 11.8 Å². The van der Waals surface area contributed by atoms with E-state index in [0.717, 1.165) is 32.2 Å². The molecule has 20 heavy (non-hydrogen) atoms. The minimum Gasteiger partial charge on any atom is -0.339 e. The van der Waals surface area contributed by atoms with Crippen molar-refractivity contribution < 1.29 is 9.47 Å². The molecule has 118 valence electrons. The van der Waals surface area contributed by atoms with E-state index in [0.29, 0.717) is 5.92 Å². The zero-order chi connectivity index (χ0) is 14.2. The van der Waals surface area contributed by atoms with Crippen LogP contribution in [-0.4, -0.2) is 37.6 Å². The number of hydrogen-bond acceptors (Lipinski definition) is 3. The van der Waals surface area contributed by atoms with E-state index < -0.39 is 0 Å². The largest absolute Gasteiger partial charge is 0.339 e. The van der Waals surface area contributed by atoms with Crippen LogP contribution in [0, 0.1) is 11.8 Å². The maximum atomic E-state index is 5.96. The maximum absolute atomic E-state index is 5.96. The van der Waals surface area contributed by atoms with E-state index in [1.54, 1.807) is 0 Å². The van der Waals surface area contributed by atoms with Gasteiger partial charge in [-0.3, -0.25) is 4.90 Å². The van der Waals surface area contributed by atoms with Crippen LogP contribution >= 0.6 is 0 Å². The highest BCUT2D eigenvalue weighted by atomic mass is 16.7. The van der Waals surface area contributed by atoms with Crippen molar-refractivity contribution in [2.75, 3.05) is 26.3 Å². The topological polar surface area (TPSA) is 21.7 Å². The van der Waals surface area contributed by atoms with Crippen LogP contribution in [0.15, 0.2) is 0 Å². The zero-order valence-corrected chi connectivity index (χ0v) is 13.5. The monoisotopic (exact) mass is 283 g/mol. The molecule has 2 fully saturated rings. The Morgan fingerprint density at radius 2 is 1.55 bits per heavy atom. The highest BCUT2D eigenvalue weighted by Gasteiger charge is 2.29. The summed E-state index contributed by atoms with van der Waals surface area (Å²) in [7, 11) is 0. The molecule has 0 radical (unpaired) electrons. The summed E-state index contributed by atoms with van der Waals surface area (Å²) in [5.41, 5.74) is 0. The van der Waals surface area contributed by atoms with Crippen molar-refractivity contribution in [2.45, 2.75) is 71.6 Å². The van der Waals surface area contributed by atoms with E-state index in [-0.39, 0.29) is 6.41 Å². The van der Waals surface area contributed by atoms with Crippen molar-refractivity contribution in [1.29, 1.82) is 0 Å². The molecule has 0 unspecified atom stereocenters. The standard InChI is InChI=1S/C17H33NO2/c1-3-5-6-8-16-13-19-17(20-14-16)18-11-9-15(7-4-2)10-12-18/h15-17H,3-14H2,1-2H3. The first-order valence-corrected chi connectivity index (χ1v) is 8.80. The predicted octanol–water partition coefficient (Wildman–Crippen LogP) is 4.03. The van der Waals surface area contributed by atoms with E-state index in [2.05, 4.69) is 18.7 Å². The molecule has 0 atom stereocenters. The molecule has 0 aromatic rings. The number of piperidine rings is 1. The maximum Gasteiger partial charge on any atom is 0.218 e. The number of unbranched alkanes of at least 4 members (excludes halogenated alkanes) is 2. The molecule has 2 aliphatic rings. The molecular weight excluding hydrogens is 250 g/mol. The Balaban J connectivity index is 1.62. The van der Waals surface area contributed by atoms with Gasteiger partial charge < -0.3 is 9.47 Å². The second-order valence-electron chi connectivity index (χ2n) is 6.60. The lowest BCUT2D eigenvalue weighted by Crippen LogP contribution is -2.48. The van der Waals surface area contributed by atoms with Gasteiger partial charge in [-0.2, -0.15) is 0 Å². The Kier molecular flexibility index (Phi) is 7.32. The van der Waals surface area contributed by atoms with E-state index >= 15 is 0 Å². The first-order valence-electron chi connectivity index (χ1n) is 8.80. The average Bonchev–Trinajstić information content (AvgIpc) is 2.49. The third-order valence-electron chi connectivity index (χ3n) is 4.81. The molecule has 0 spiro atoms. The highest BCUT2D eigenvalue weighted by Crippen LogP contribution is 2.26. The van der Waals surface area contributed by atoms with Gasteiger partial charge in [-0.15, -0.1) is 0 Å². The van der Waals surface area contributed by atoms with Crippen LogP contribution in [0.3, 0.4) is 0 Å². The van der Waals surface area contributed by atoms with E-state index in [1.165, 1.54) is 51.4 Å². The van der Waals surface area contributed by atoms with Gasteiger partial charge in [0.1, 0.15) is 0 Å². The Hall–Kier alpha value is -0.120. The molecule has 0 amide bonds. The fourth-order valence-electron chi connectivity index (χ4n) is 3.45. The molecule has 2 rings (SSSR count). The van der Waals surface area contributed by atoms with Crippen molar-refractivity contribution in [3.8, 4) is 0 Å². The Morgan fingerprint density at radius 3 is 2.15 bits per heavy atom. The summed E-state index contributed by atoms with van der Waals surface area (Å²) in [6, 6.07) is 0. The SMILES string of the molecule is CCCCCC1COC(N2CCC(CCC)CC2)OC1. The zero-order valence-electron chi connectivity index (χ0n) is 13.5. The van der Waals surface area contributed by atoms with Crippen LogP contribution in [0.2, 0.25) is 0 Å². The normalized spacial score (nSPS) is 29.7. The van der Waals surface area contributed by atoms with E-state index in [9.17, 15) is 0 Å². The van der Waals surface area contributed by atoms with Crippen molar-refractivity contribution in [3.05, 3.63) is 0 Å². The Bertz CT molecular complexity index is 243. The second-order valence-corrected chi connectivity index (χ2v) is 6.60. The molecule has 0 aromatic carbocycles. The molecule has 2 aliphatic heterocycles. The molecular formula is C17H33NO2. The number of hydrogen-bond donors (Lipinski definition) is 0. The van der Waals surface area contributed by atoms with Crippen molar-refractivity contribution >= 4 is 0 Å². The molecule has 0 saturated carbocycles. The molecule has 3 nitrogen and oxygen atoms in total. The van der Waals surface area contributed by atoms with Crippen LogP contribution in [0.25, 0.3) is 0 Å². The summed E-state index contributed by atoms with van der Waals surface area (Å²) >= 11 is 0. The lowest BCUT2D eigenvalue weighted by atomic mass is 9.93. The second kappa shape index (κ2) is 9.01. The highest BCUT2D eigenvalue weighted by molar-refractivity contribution is 4.73. The number of nitrogens with zero attached hydrogens (tertiary/aromatic N) is 1. The van der Waals surface area contributed by atoms with Gasteiger partial charge in [0.05, 0.1) is 13.2 Å². The smallest absolute Gasteiger partial charge is 0.218 e. The third kappa shape index (κ3) is 5.01. The van der Waals surface area contributed by atoms with E-state index in [4.69, 9.17) is 9.47 Å². The summed E-state index contributed by atoms with van der Waals surface area (Å²) in [4.78, 5) is 2.40. The van der Waals surface area contributed by atoms with Crippen LogP contribution in [0.4, 0.5) is 0 Å². The minimum absolute atomic E-state index is 0.0556. The lowest BCUT2D eigenvalue weighted by molar-refractivity contribution is -0.272. The van der Waals surface area contributed by atoms with Crippen LogP contribution in [0.1, 0.15) is 65.2 Å². The summed E-state index contributed by atoms with van der Waals surface area (Å²) in [5, 5.41) is 0. The van der Waals surface area contributed by atoms with Gasteiger partial charge in [0.25, 0.3) is 0 Å². The van der Waals surface area contributed by atoms with E-state index in [1.807, 2.05) is 0 Å². The fourth-order valence-corrected chi connectivity index (χ4v) is 3.45. The predicted molar refractivity (Wildman–Crippen MR) is 82.5 cm³/mol. The van der Waals surface area contributed by atoms with Crippen LogP contribution < -0.4 is 0 Å².